The molecule has 2 atom stereocenters. The zero-order valence-corrected chi connectivity index (χ0v) is 15.9. The molecule has 1 heterocycles. The Labute approximate surface area is 158 Å². The van der Waals surface area contributed by atoms with Gasteiger partial charge in [0.05, 0.1) is 25.5 Å². The number of piperidine rings is 1. The van der Waals surface area contributed by atoms with Crippen molar-refractivity contribution in [3.8, 4) is 0 Å². The predicted molar refractivity (Wildman–Crippen MR) is 98.4 cm³/mol. The van der Waals surface area contributed by atoms with E-state index in [1.54, 1.807) is 0 Å². The number of sulfonamides is 1. The maximum Gasteiger partial charge on any atom is 0.290 e. The summed E-state index contributed by atoms with van der Waals surface area (Å²) in [5.41, 5.74) is 0.120. The normalized spacial score (nSPS) is 22.5. The Bertz CT molecular complexity index is 711. The molecule has 1 amide bonds. The summed E-state index contributed by atoms with van der Waals surface area (Å²) in [7, 11) is -3.45. The van der Waals surface area contributed by atoms with E-state index in [0.717, 1.165) is 11.8 Å². The predicted octanol–water partition coefficient (Wildman–Crippen LogP) is -0.949. The van der Waals surface area contributed by atoms with Gasteiger partial charge >= 0.3 is 0 Å². The summed E-state index contributed by atoms with van der Waals surface area (Å²) in [4.78, 5) is 22.1. The topological polar surface area (TPSA) is 144 Å². The number of likely N-dealkylation sites (tertiary alicyclic amines) is 1. The number of amides is 1. The first-order valence-electron chi connectivity index (χ1n) is 8.30. The second kappa shape index (κ2) is 10.4. The van der Waals surface area contributed by atoms with Gasteiger partial charge in [-0.15, -0.1) is 0 Å². The number of benzene rings is 1. The summed E-state index contributed by atoms with van der Waals surface area (Å²) in [6.45, 7) is -0.306. The highest BCUT2D eigenvalue weighted by atomic mass is 32.2. The molecule has 10 heteroatoms. The highest BCUT2D eigenvalue weighted by molar-refractivity contribution is 7.88. The maximum atomic E-state index is 12.2. The van der Waals surface area contributed by atoms with Crippen LogP contribution in [0.3, 0.4) is 0 Å². The number of hydrogen-bond acceptors (Lipinski definition) is 6. The molecule has 27 heavy (non-hydrogen) atoms. The zero-order valence-electron chi connectivity index (χ0n) is 15.1. The average Bonchev–Trinajstić information content (AvgIpc) is 2.62. The van der Waals surface area contributed by atoms with Crippen LogP contribution in [0.4, 0.5) is 0 Å². The Hall–Kier alpha value is -2.01. The van der Waals surface area contributed by atoms with Gasteiger partial charge < -0.3 is 20.2 Å². The van der Waals surface area contributed by atoms with Gasteiger partial charge in [0.1, 0.15) is 0 Å². The van der Waals surface area contributed by atoms with Crippen molar-refractivity contribution in [3.05, 3.63) is 35.9 Å². The van der Waals surface area contributed by atoms with E-state index in [1.165, 1.54) is 4.90 Å². The number of nitrogens with zero attached hydrogens (tertiary/aromatic N) is 1. The molecule has 1 aliphatic heterocycles. The van der Waals surface area contributed by atoms with Crippen molar-refractivity contribution < 1.29 is 33.3 Å². The van der Waals surface area contributed by atoms with E-state index in [1.807, 2.05) is 30.3 Å². The van der Waals surface area contributed by atoms with Crippen LogP contribution in [0.2, 0.25) is 0 Å². The van der Waals surface area contributed by atoms with Crippen molar-refractivity contribution in [1.29, 1.82) is 0 Å². The Balaban J connectivity index is 0.00000114. The smallest absolute Gasteiger partial charge is 0.290 e. The molecule has 4 N–H and O–H groups in total. The molecule has 0 spiro atoms. The number of carbonyl (C=O) groups excluding carboxylic acids is 1. The molecule has 1 saturated heterocycles. The van der Waals surface area contributed by atoms with Crippen LogP contribution in [0.1, 0.15) is 12.0 Å². The molecule has 1 aromatic rings. The van der Waals surface area contributed by atoms with E-state index in [9.17, 15) is 23.4 Å². The van der Waals surface area contributed by atoms with Crippen LogP contribution in [-0.4, -0.2) is 79.6 Å². The van der Waals surface area contributed by atoms with Gasteiger partial charge in [-0.3, -0.25) is 9.59 Å². The lowest BCUT2D eigenvalue weighted by molar-refractivity contribution is -0.140. The van der Waals surface area contributed by atoms with E-state index < -0.39 is 21.5 Å². The third-order valence-electron chi connectivity index (χ3n) is 4.44. The molecule has 0 saturated carbocycles. The highest BCUT2D eigenvalue weighted by Crippen LogP contribution is 2.33. The van der Waals surface area contributed by atoms with Crippen molar-refractivity contribution in [2.75, 3.05) is 32.5 Å². The number of nitrogens with one attached hydrogen (secondary N) is 1. The fourth-order valence-electron chi connectivity index (χ4n) is 3.05. The van der Waals surface area contributed by atoms with E-state index >= 15 is 0 Å². The second-order valence-corrected chi connectivity index (χ2v) is 8.33. The molecule has 0 unspecified atom stereocenters. The van der Waals surface area contributed by atoms with E-state index in [2.05, 4.69) is 4.72 Å². The fraction of sp³-hybridized carbons (Fsp3) is 0.529. The Morgan fingerprint density at radius 2 is 1.96 bits per heavy atom. The standard InChI is InChI=1S/C16H24N2O5S.CH2O2/c1-24(22,23)17-10-15(21)18-8-7-14(20)16(11-18,12-19)9-13-5-3-2-4-6-13;2-1-3/h2-6,14,17,19-20H,7-12H2,1H3;1H,(H,2,3)/t14-,16+;/m1./s1. The summed E-state index contributed by atoms with van der Waals surface area (Å²) in [5.74, 6) is -0.363. The molecular formula is C17H26N2O7S. The van der Waals surface area contributed by atoms with Crippen molar-refractivity contribution >= 4 is 22.4 Å². The lowest BCUT2D eigenvalue weighted by atomic mass is 9.73. The van der Waals surface area contributed by atoms with Gasteiger partial charge in [0.2, 0.25) is 15.9 Å². The second-order valence-electron chi connectivity index (χ2n) is 6.50. The molecular weight excluding hydrogens is 376 g/mol. The number of aliphatic hydroxyl groups is 2. The summed E-state index contributed by atoms with van der Waals surface area (Å²) >= 11 is 0. The lowest BCUT2D eigenvalue weighted by Gasteiger charge is -2.45. The van der Waals surface area contributed by atoms with Crippen molar-refractivity contribution in [2.45, 2.75) is 18.9 Å². The largest absolute Gasteiger partial charge is 0.483 e. The zero-order chi connectivity index (χ0) is 20.5. The molecule has 152 valence electrons. The quantitative estimate of drug-likeness (QED) is 0.449. The van der Waals surface area contributed by atoms with E-state index in [0.29, 0.717) is 19.4 Å². The summed E-state index contributed by atoms with van der Waals surface area (Å²) in [5, 5.41) is 27.2. The SMILES string of the molecule is CS(=O)(=O)NCC(=O)N1CC[C@@H](O)[C@@](CO)(Cc2ccccc2)C1.O=CO. The minimum Gasteiger partial charge on any atom is -0.483 e. The first kappa shape index (κ1) is 23.0. The molecule has 0 radical (unpaired) electrons. The molecule has 0 aliphatic carbocycles. The molecule has 2 rings (SSSR count). The van der Waals surface area contributed by atoms with Crippen LogP contribution >= 0.6 is 0 Å². The molecule has 1 aromatic carbocycles. The minimum atomic E-state index is -3.45. The van der Waals surface area contributed by atoms with Crippen LogP contribution in [0, 0.1) is 5.41 Å². The average molecular weight is 402 g/mol. The Kier molecular flexibility index (Phi) is 8.83. The van der Waals surface area contributed by atoms with Gasteiger partial charge in [0, 0.05) is 18.5 Å². The number of hydrogen-bond donors (Lipinski definition) is 4. The summed E-state index contributed by atoms with van der Waals surface area (Å²) in [6, 6.07) is 9.48. The monoisotopic (exact) mass is 402 g/mol. The Morgan fingerprint density at radius 1 is 1.37 bits per heavy atom. The molecule has 9 nitrogen and oxygen atoms in total. The van der Waals surface area contributed by atoms with Crippen LogP contribution in [0.15, 0.2) is 30.3 Å². The number of aliphatic hydroxyl groups excluding tert-OH is 2. The molecule has 1 aliphatic rings. The van der Waals surface area contributed by atoms with E-state index in [-0.39, 0.29) is 32.1 Å². The van der Waals surface area contributed by atoms with Crippen LogP contribution < -0.4 is 4.72 Å². The fourth-order valence-corrected chi connectivity index (χ4v) is 3.44. The molecule has 0 aromatic heterocycles. The van der Waals surface area contributed by atoms with Crippen molar-refractivity contribution in [3.63, 3.8) is 0 Å². The number of carboxylic acid groups (broad SMARTS) is 1. The van der Waals surface area contributed by atoms with Gasteiger partial charge in [0.25, 0.3) is 6.47 Å². The summed E-state index contributed by atoms with van der Waals surface area (Å²) in [6.07, 6.45) is 1.05. The molecule has 1 fully saturated rings. The minimum absolute atomic E-state index is 0.184. The van der Waals surface area contributed by atoms with Crippen LogP contribution in [0.5, 0.6) is 0 Å². The maximum absolute atomic E-state index is 12.2. The van der Waals surface area contributed by atoms with Gasteiger partial charge in [0.15, 0.2) is 0 Å². The van der Waals surface area contributed by atoms with Gasteiger partial charge in [-0.25, -0.2) is 13.1 Å². The number of rotatable bonds is 6. The number of carbonyl (C=O) groups is 2. The lowest BCUT2D eigenvalue weighted by Crippen LogP contribution is -2.57. The van der Waals surface area contributed by atoms with Crippen LogP contribution in [-0.2, 0) is 26.0 Å². The van der Waals surface area contributed by atoms with Crippen molar-refractivity contribution in [2.24, 2.45) is 5.41 Å². The van der Waals surface area contributed by atoms with Crippen LogP contribution in [0.25, 0.3) is 0 Å². The summed E-state index contributed by atoms with van der Waals surface area (Å²) < 4.78 is 24.4. The molecule has 0 bridgehead atoms. The van der Waals surface area contributed by atoms with Gasteiger partial charge in [-0.2, -0.15) is 0 Å². The first-order chi connectivity index (χ1) is 12.7. The van der Waals surface area contributed by atoms with Gasteiger partial charge in [-0.05, 0) is 18.4 Å². The third-order valence-corrected chi connectivity index (χ3v) is 5.11. The van der Waals surface area contributed by atoms with E-state index in [4.69, 9.17) is 9.90 Å². The first-order valence-corrected chi connectivity index (χ1v) is 10.2. The highest BCUT2D eigenvalue weighted by Gasteiger charge is 2.43. The third kappa shape index (κ3) is 7.25. The van der Waals surface area contributed by atoms with Gasteiger partial charge in [-0.1, -0.05) is 30.3 Å². The Morgan fingerprint density at radius 3 is 2.48 bits per heavy atom. The van der Waals surface area contributed by atoms with Crippen molar-refractivity contribution in [1.82, 2.24) is 9.62 Å².